The molecular formula is C16H33O5P. The van der Waals surface area contributed by atoms with Crippen LogP contribution in [0.3, 0.4) is 0 Å². The molecule has 0 rings (SSSR count). The molecule has 1 atom stereocenters. The standard InChI is InChI=1S/C16H33O5P/c1-2-3-4-5-6-7-8-9-10-11-12-13-14-21-22(19,20)15-16(17)18/h2-15H2,1H3,(H,17,18)(H,19,20). The molecule has 0 aliphatic rings. The van der Waals surface area contributed by atoms with Crippen LogP contribution in [0.15, 0.2) is 0 Å². The summed E-state index contributed by atoms with van der Waals surface area (Å²) < 4.78 is 16.0. The van der Waals surface area contributed by atoms with Gasteiger partial charge in [-0.15, -0.1) is 0 Å². The highest BCUT2D eigenvalue weighted by molar-refractivity contribution is 7.53. The van der Waals surface area contributed by atoms with Crippen molar-refractivity contribution in [1.29, 1.82) is 0 Å². The molecule has 0 saturated heterocycles. The van der Waals surface area contributed by atoms with Gasteiger partial charge in [-0.25, -0.2) is 0 Å². The molecule has 0 fully saturated rings. The molecule has 1 unspecified atom stereocenters. The minimum atomic E-state index is -3.93. The molecule has 0 amide bonds. The Labute approximate surface area is 135 Å². The average Bonchev–Trinajstić information content (AvgIpc) is 2.42. The zero-order chi connectivity index (χ0) is 16.7. The van der Waals surface area contributed by atoms with Gasteiger partial charge in [-0.3, -0.25) is 9.36 Å². The molecule has 0 aliphatic carbocycles. The van der Waals surface area contributed by atoms with Crippen LogP contribution in [0, 0.1) is 0 Å². The van der Waals surface area contributed by atoms with E-state index in [1.807, 2.05) is 0 Å². The number of carbonyl (C=O) groups is 1. The highest BCUT2D eigenvalue weighted by Gasteiger charge is 2.23. The van der Waals surface area contributed by atoms with Crippen LogP contribution in [0.25, 0.3) is 0 Å². The van der Waals surface area contributed by atoms with Crippen molar-refractivity contribution in [3.8, 4) is 0 Å². The molecule has 0 saturated carbocycles. The third-order valence-electron chi connectivity index (χ3n) is 3.63. The molecule has 0 bridgehead atoms. The molecule has 0 aromatic rings. The van der Waals surface area contributed by atoms with Crippen LogP contribution in [-0.2, 0) is 13.9 Å². The normalized spacial score (nSPS) is 13.9. The zero-order valence-electron chi connectivity index (χ0n) is 14.0. The van der Waals surface area contributed by atoms with Gasteiger partial charge in [-0.2, -0.15) is 0 Å². The van der Waals surface area contributed by atoms with Crippen LogP contribution >= 0.6 is 7.60 Å². The predicted molar refractivity (Wildman–Crippen MR) is 89.4 cm³/mol. The maximum atomic E-state index is 11.3. The van der Waals surface area contributed by atoms with Crippen molar-refractivity contribution >= 4 is 13.6 Å². The molecule has 132 valence electrons. The van der Waals surface area contributed by atoms with Gasteiger partial charge in [-0.05, 0) is 6.42 Å². The summed E-state index contributed by atoms with van der Waals surface area (Å²) in [6.45, 7) is 2.40. The van der Waals surface area contributed by atoms with E-state index in [9.17, 15) is 14.3 Å². The largest absolute Gasteiger partial charge is 0.481 e. The average molecular weight is 336 g/mol. The molecule has 0 aromatic carbocycles. The first kappa shape index (κ1) is 21.6. The Kier molecular flexibility index (Phi) is 14.0. The summed E-state index contributed by atoms with van der Waals surface area (Å²) >= 11 is 0. The van der Waals surface area contributed by atoms with Gasteiger partial charge in [0.15, 0.2) is 0 Å². The third kappa shape index (κ3) is 16.0. The van der Waals surface area contributed by atoms with Crippen molar-refractivity contribution in [3.63, 3.8) is 0 Å². The highest BCUT2D eigenvalue weighted by Crippen LogP contribution is 2.41. The Morgan fingerprint density at radius 2 is 1.27 bits per heavy atom. The Morgan fingerprint density at radius 1 is 0.864 bits per heavy atom. The van der Waals surface area contributed by atoms with Crippen LogP contribution in [0.1, 0.15) is 84.0 Å². The minimum Gasteiger partial charge on any atom is -0.481 e. The second-order valence-electron chi connectivity index (χ2n) is 5.91. The second kappa shape index (κ2) is 14.2. The van der Waals surface area contributed by atoms with E-state index in [-0.39, 0.29) is 6.61 Å². The van der Waals surface area contributed by atoms with E-state index in [0.29, 0.717) is 6.42 Å². The summed E-state index contributed by atoms with van der Waals surface area (Å²) in [4.78, 5) is 19.6. The van der Waals surface area contributed by atoms with Crippen LogP contribution in [-0.4, -0.2) is 28.7 Å². The van der Waals surface area contributed by atoms with E-state index in [0.717, 1.165) is 12.8 Å². The zero-order valence-corrected chi connectivity index (χ0v) is 14.9. The number of unbranched alkanes of at least 4 members (excludes halogenated alkanes) is 11. The molecule has 2 N–H and O–H groups in total. The first-order valence-corrected chi connectivity index (χ1v) is 10.4. The summed E-state index contributed by atoms with van der Waals surface area (Å²) in [6.07, 6.45) is 13.8. The lowest BCUT2D eigenvalue weighted by Crippen LogP contribution is -2.06. The van der Waals surface area contributed by atoms with Gasteiger partial charge < -0.3 is 14.5 Å². The smallest absolute Gasteiger partial charge is 0.339 e. The first-order valence-electron chi connectivity index (χ1n) is 8.66. The van der Waals surface area contributed by atoms with E-state index in [2.05, 4.69) is 6.92 Å². The summed E-state index contributed by atoms with van der Waals surface area (Å²) in [6, 6.07) is 0. The quantitative estimate of drug-likeness (QED) is 0.307. The molecule has 0 heterocycles. The van der Waals surface area contributed by atoms with Crippen LogP contribution in [0.2, 0.25) is 0 Å². The van der Waals surface area contributed by atoms with Gasteiger partial charge in [-0.1, -0.05) is 77.6 Å². The van der Waals surface area contributed by atoms with E-state index in [1.54, 1.807) is 0 Å². The molecule has 0 radical (unpaired) electrons. The third-order valence-corrected chi connectivity index (χ3v) is 4.88. The molecule has 6 heteroatoms. The Balaban J connectivity index is 3.24. The van der Waals surface area contributed by atoms with E-state index >= 15 is 0 Å². The molecule has 5 nitrogen and oxygen atoms in total. The van der Waals surface area contributed by atoms with Gasteiger partial charge >= 0.3 is 13.6 Å². The van der Waals surface area contributed by atoms with Crippen molar-refractivity contribution < 1.29 is 23.9 Å². The van der Waals surface area contributed by atoms with Crippen molar-refractivity contribution in [3.05, 3.63) is 0 Å². The molecule has 0 aliphatic heterocycles. The lowest BCUT2D eigenvalue weighted by molar-refractivity contribution is -0.134. The SMILES string of the molecule is CCCCCCCCCCCCCCOP(=O)(O)CC(=O)O. The van der Waals surface area contributed by atoms with E-state index < -0.39 is 19.7 Å². The maximum absolute atomic E-state index is 11.3. The van der Waals surface area contributed by atoms with Crippen LogP contribution in [0.4, 0.5) is 0 Å². The fourth-order valence-electron chi connectivity index (χ4n) is 2.37. The van der Waals surface area contributed by atoms with E-state index in [4.69, 9.17) is 9.63 Å². The number of carboxylic acids is 1. The maximum Gasteiger partial charge on any atom is 0.339 e. The molecule has 22 heavy (non-hydrogen) atoms. The highest BCUT2D eigenvalue weighted by atomic mass is 31.2. The van der Waals surface area contributed by atoms with Gasteiger partial charge in [0.05, 0.1) is 6.61 Å². The van der Waals surface area contributed by atoms with Crippen molar-refractivity contribution in [2.45, 2.75) is 84.0 Å². The van der Waals surface area contributed by atoms with Gasteiger partial charge in [0.1, 0.15) is 6.16 Å². The molecular weight excluding hydrogens is 303 g/mol. The summed E-state index contributed by atoms with van der Waals surface area (Å²) in [5.74, 6) is -1.31. The Hall–Kier alpha value is -0.380. The molecule has 0 aromatic heterocycles. The second-order valence-corrected chi connectivity index (χ2v) is 7.76. The van der Waals surface area contributed by atoms with Crippen LogP contribution in [0.5, 0.6) is 0 Å². The summed E-state index contributed by atoms with van der Waals surface area (Å²) in [5.41, 5.74) is 0. The Bertz CT molecular complexity index is 320. The lowest BCUT2D eigenvalue weighted by Gasteiger charge is -2.09. The molecule has 0 spiro atoms. The summed E-state index contributed by atoms with van der Waals surface area (Å²) in [7, 11) is -3.93. The topological polar surface area (TPSA) is 83.8 Å². The van der Waals surface area contributed by atoms with Crippen molar-refractivity contribution in [2.75, 3.05) is 12.8 Å². The van der Waals surface area contributed by atoms with Gasteiger partial charge in [0.25, 0.3) is 0 Å². The van der Waals surface area contributed by atoms with E-state index in [1.165, 1.54) is 57.8 Å². The van der Waals surface area contributed by atoms with Crippen molar-refractivity contribution in [1.82, 2.24) is 0 Å². The first-order chi connectivity index (χ1) is 10.5. The van der Waals surface area contributed by atoms with Crippen molar-refractivity contribution in [2.24, 2.45) is 0 Å². The number of hydrogen-bond donors (Lipinski definition) is 2. The van der Waals surface area contributed by atoms with Crippen LogP contribution < -0.4 is 0 Å². The monoisotopic (exact) mass is 336 g/mol. The number of rotatable bonds is 16. The number of carboxylic acid groups (broad SMARTS) is 1. The van der Waals surface area contributed by atoms with Gasteiger partial charge in [0, 0.05) is 0 Å². The fourth-order valence-corrected chi connectivity index (χ4v) is 3.21. The Morgan fingerprint density at radius 3 is 1.68 bits per heavy atom. The number of aliphatic carboxylic acids is 1. The summed E-state index contributed by atoms with van der Waals surface area (Å²) in [5, 5.41) is 8.44. The fraction of sp³-hybridized carbons (Fsp3) is 0.938. The minimum absolute atomic E-state index is 0.165. The predicted octanol–water partition coefficient (Wildman–Crippen LogP) is 4.97. The van der Waals surface area contributed by atoms with Gasteiger partial charge in [0.2, 0.25) is 0 Å². The lowest BCUT2D eigenvalue weighted by atomic mass is 10.1. The number of hydrogen-bond acceptors (Lipinski definition) is 3.